The first-order valence-electron chi connectivity index (χ1n) is 4.30. The molecule has 2 aromatic rings. The topological polar surface area (TPSA) is 4.93 Å². The summed E-state index contributed by atoms with van der Waals surface area (Å²) in [4.78, 5) is 0. The molecule has 0 fully saturated rings. The number of hydrogen-bond acceptors (Lipinski definition) is 0. The van der Waals surface area contributed by atoms with Crippen molar-refractivity contribution in [3.8, 4) is 0 Å². The van der Waals surface area contributed by atoms with Crippen LogP contribution < -0.4 is 0 Å². The quantitative estimate of drug-likeness (QED) is 0.733. The lowest BCUT2D eigenvalue weighted by Gasteiger charge is -2.05. The van der Waals surface area contributed by atoms with Gasteiger partial charge in [-0.25, -0.2) is 0 Å². The van der Waals surface area contributed by atoms with Gasteiger partial charge in [-0.05, 0) is 35.9 Å². The van der Waals surface area contributed by atoms with Crippen LogP contribution in [0.25, 0.3) is 0 Å². The molecule has 0 aliphatic heterocycles. The van der Waals surface area contributed by atoms with Crippen molar-refractivity contribution in [2.75, 3.05) is 0 Å². The summed E-state index contributed by atoms with van der Waals surface area (Å²) in [6.45, 7) is 0.756. The minimum absolute atomic E-state index is 0.719. The Balaban J connectivity index is 2.28. The van der Waals surface area contributed by atoms with Crippen molar-refractivity contribution in [2.45, 2.75) is 6.54 Å². The Labute approximate surface area is 92.9 Å². The maximum atomic E-state index is 6.04. The van der Waals surface area contributed by atoms with Crippen LogP contribution in [-0.4, -0.2) is 4.57 Å². The van der Waals surface area contributed by atoms with E-state index in [1.54, 1.807) is 6.07 Å². The summed E-state index contributed by atoms with van der Waals surface area (Å²) >= 11 is 11.9. The molecule has 1 aromatic heterocycles. The Kier molecular flexibility index (Phi) is 2.80. The fourth-order valence-electron chi connectivity index (χ4n) is 1.34. The van der Waals surface area contributed by atoms with Gasteiger partial charge in [0.2, 0.25) is 0 Å². The number of aromatic nitrogens is 1. The van der Waals surface area contributed by atoms with E-state index in [-0.39, 0.29) is 0 Å². The lowest BCUT2D eigenvalue weighted by atomic mass is 10.2. The number of rotatable bonds is 2. The second-order valence-corrected chi connectivity index (χ2v) is 3.93. The number of halogens is 2. The van der Waals surface area contributed by atoms with Crippen LogP contribution in [0.2, 0.25) is 10.0 Å². The van der Waals surface area contributed by atoms with Crippen molar-refractivity contribution < 1.29 is 0 Å². The van der Waals surface area contributed by atoms with Gasteiger partial charge in [-0.1, -0.05) is 23.2 Å². The Bertz CT molecular complexity index is 421. The normalized spacial score (nSPS) is 10.4. The Morgan fingerprint density at radius 3 is 2.50 bits per heavy atom. The number of benzene rings is 1. The number of hydrogen-bond donors (Lipinski definition) is 0. The fourth-order valence-corrected chi connectivity index (χ4v) is 1.71. The van der Waals surface area contributed by atoms with Crippen LogP contribution in [0, 0.1) is 0 Å². The van der Waals surface area contributed by atoms with Crippen LogP contribution in [0.5, 0.6) is 0 Å². The van der Waals surface area contributed by atoms with Crippen molar-refractivity contribution in [1.82, 2.24) is 4.57 Å². The molecule has 72 valence electrons. The highest BCUT2D eigenvalue weighted by Gasteiger charge is 2.01. The zero-order valence-electron chi connectivity index (χ0n) is 7.45. The molecule has 0 saturated heterocycles. The van der Waals surface area contributed by atoms with Gasteiger partial charge >= 0.3 is 0 Å². The van der Waals surface area contributed by atoms with Crippen LogP contribution >= 0.6 is 23.2 Å². The van der Waals surface area contributed by atoms with Gasteiger partial charge in [0.1, 0.15) is 0 Å². The molecule has 3 heteroatoms. The summed E-state index contributed by atoms with van der Waals surface area (Å²) in [7, 11) is 0. The third kappa shape index (κ3) is 2.11. The first-order valence-corrected chi connectivity index (χ1v) is 5.06. The van der Waals surface area contributed by atoms with E-state index in [4.69, 9.17) is 23.2 Å². The molecule has 14 heavy (non-hydrogen) atoms. The van der Waals surface area contributed by atoms with Crippen molar-refractivity contribution in [1.29, 1.82) is 0 Å². The molecule has 0 aliphatic rings. The van der Waals surface area contributed by atoms with Crippen LogP contribution in [0.1, 0.15) is 5.56 Å². The van der Waals surface area contributed by atoms with Crippen molar-refractivity contribution >= 4 is 23.2 Å². The molecule has 0 N–H and O–H groups in total. The molecule has 2 rings (SSSR count). The van der Waals surface area contributed by atoms with Crippen molar-refractivity contribution in [3.63, 3.8) is 0 Å². The van der Waals surface area contributed by atoms with E-state index in [0.29, 0.717) is 0 Å². The first-order chi connectivity index (χ1) is 6.75. The van der Waals surface area contributed by atoms with Crippen molar-refractivity contribution in [2.24, 2.45) is 0 Å². The van der Waals surface area contributed by atoms with Gasteiger partial charge < -0.3 is 4.57 Å². The number of nitrogens with zero attached hydrogens (tertiary/aromatic N) is 1. The van der Waals surface area contributed by atoms with Crippen LogP contribution in [0.4, 0.5) is 0 Å². The highest BCUT2D eigenvalue weighted by molar-refractivity contribution is 6.33. The molecule has 1 nitrogen and oxygen atoms in total. The molecule has 0 aliphatic carbocycles. The molecule has 0 saturated carbocycles. The molecule has 0 radical (unpaired) electrons. The van der Waals surface area contributed by atoms with Gasteiger partial charge in [-0.15, -0.1) is 0 Å². The summed E-state index contributed by atoms with van der Waals surface area (Å²) in [5.74, 6) is 0. The van der Waals surface area contributed by atoms with E-state index in [2.05, 4.69) is 4.57 Å². The fraction of sp³-hybridized carbons (Fsp3) is 0.0909. The average molecular weight is 226 g/mol. The van der Waals surface area contributed by atoms with Crippen LogP contribution in [0.3, 0.4) is 0 Å². The summed E-state index contributed by atoms with van der Waals surface area (Å²) in [5.41, 5.74) is 1.04. The molecule has 0 amide bonds. The summed E-state index contributed by atoms with van der Waals surface area (Å²) < 4.78 is 2.05. The van der Waals surface area contributed by atoms with E-state index in [1.165, 1.54) is 0 Å². The maximum Gasteiger partial charge on any atom is 0.0485 e. The van der Waals surface area contributed by atoms with Gasteiger partial charge in [-0.2, -0.15) is 0 Å². The standard InChI is InChI=1S/C11H9Cl2N/c12-10-3-4-11(13)9(7-10)8-14-5-1-2-6-14/h1-7H,8H2. The third-order valence-corrected chi connectivity index (χ3v) is 2.63. The molecule has 1 heterocycles. The molecule has 0 atom stereocenters. The Morgan fingerprint density at radius 2 is 1.79 bits per heavy atom. The van der Waals surface area contributed by atoms with Gasteiger partial charge in [0, 0.05) is 29.0 Å². The van der Waals surface area contributed by atoms with E-state index >= 15 is 0 Å². The zero-order chi connectivity index (χ0) is 9.97. The van der Waals surface area contributed by atoms with Gasteiger partial charge in [0.15, 0.2) is 0 Å². The summed E-state index contributed by atoms with van der Waals surface area (Å²) in [5, 5.41) is 1.47. The van der Waals surface area contributed by atoms with Crippen molar-refractivity contribution in [3.05, 3.63) is 58.3 Å². The van der Waals surface area contributed by atoms with E-state index in [0.717, 1.165) is 22.2 Å². The highest BCUT2D eigenvalue weighted by Crippen LogP contribution is 2.21. The monoisotopic (exact) mass is 225 g/mol. The molecule has 1 aromatic carbocycles. The van der Waals surface area contributed by atoms with Crippen LogP contribution in [0.15, 0.2) is 42.7 Å². The Hall–Kier alpha value is -0.920. The Morgan fingerprint density at radius 1 is 1.07 bits per heavy atom. The molecule has 0 unspecified atom stereocenters. The van der Waals surface area contributed by atoms with E-state index in [1.807, 2.05) is 36.7 Å². The van der Waals surface area contributed by atoms with Gasteiger partial charge in [-0.3, -0.25) is 0 Å². The SMILES string of the molecule is Clc1ccc(Cl)c(Cn2cccc2)c1. The third-order valence-electron chi connectivity index (χ3n) is 2.03. The minimum atomic E-state index is 0.719. The second kappa shape index (κ2) is 4.07. The van der Waals surface area contributed by atoms with Crippen LogP contribution in [-0.2, 0) is 6.54 Å². The summed E-state index contributed by atoms with van der Waals surface area (Å²) in [6, 6.07) is 9.48. The van der Waals surface area contributed by atoms with E-state index in [9.17, 15) is 0 Å². The van der Waals surface area contributed by atoms with E-state index < -0.39 is 0 Å². The predicted octanol–water partition coefficient (Wildman–Crippen LogP) is 3.84. The second-order valence-electron chi connectivity index (χ2n) is 3.09. The predicted molar refractivity (Wildman–Crippen MR) is 60.0 cm³/mol. The molecular formula is C11H9Cl2N. The molecule has 0 spiro atoms. The zero-order valence-corrected chi connectivity index (χ0v) is 8.96. The average Bonchev–Trinajstić information content (AvgIpc) is 2.64. The van der Waals surface area contributed by atoms with Gasteiger partial charge in [0.05, 0.1) is 0 Å². The highest BCUT2D eigenvalue weighted by atomic mass is 35.5. The van der Waals surface area contributed by atoms with Gasteiger partial charge in [0.25, 0.3) is 0 Å². The first kappa shape index (κ1) is 9.63. The summed E-state index contributed by atoms with van der Waals surface area (Å²) in [6.07, 6.45) is 3.99. The molecular weight excluding hydrogens is 217 g/mol. The largest absolute Gasteiger partial charge is 0.350 e. The minimum Gasteiger partial charge on any atom is -0.350 e. The lowest BCUT2D eigenvalue weighted by molar-refractivity contribution is 0.806. The maximum absolute atomic E-state index is 6.04. The lowest BCUT2D eigenvalue weighted by Crippen LogP contribution is -1.96. The smallest absolute Gasteiger partial charge is 0.0485 e. The molecule has 0 bridgehead atoms.